The zero-order valence-electron chi connectivity index (χ0n) is 18.7. The number of hydrogen-bond acceptors (Lipinski definition) is 9. The summed E-state index contributed by atoms with van der Waals surface area (Å²) in [5.74, 6) is -1.56. The van der Waals surface area contributed by atoms with Gasteiger partial charge in [-0.25, -0.2) is 9.65 Å². The number of methoxy groups -OCH3 is 1. The van der Waals surface area contributed by atoms with Crippen LogP contribution in [0.2, 0.25) is 0 Å². The van der Waals surface area contributed by atoms with Crippen molar-refractivity contribution < 1.29 is 37.5 Å². The van der Waals surface area contributed by atoms with Crippen LogP contribution in [0, 0.1) is 5.41 Å². The van der Waals surface area contributed by atoms with E-state index < -0.39 is 43.2 Å². The highest BCUT2D eigenvalue weighted by Gasteiger charge is 2.48. The molecule has 1 amide bonds. The Balaban J connectivity index is 1.79. The number of nitrogens with zero attached hydrogens (tertiary/aromatic N) is 1. The third-order valence-corrected chi connectivity index (χ3v) is 6.86. The molecule has 1 unspecified atom stereocenters. The first-order valence-corrected chi connectivity index (χ1v) is 12.0. The van der Waals surface area contributed by atoms with Gasteiger partial charge >= 0.3 is 19.7 Å². The Morgan fingerprint density at radius 2 is 1.94 bits per heavy atom. The van der Waals surface area contributed by atoms with Crippen LogP contribution in [0.15, 0.2) is 0 Å². The Labute approximate surface area is 183 Å². The molecule has 0 aliphatic carbocycles. The molecule has 0 aromatic heterocycles. The Kier molecular flexibility index (Phi) is 9.45. The van der Waals surface area contributed by atoms with Gasteiger partial charge in [0, 0.05) is 18.5 Å². The molecule has 2 rings (SSSR count). The lowest BCUT2D eigenvalue weighted by Gasteiger charge is -2.40. The molecule has 11 nitrogen and oxygen atoms in total. The minimum absolute atomic E-state index is 0.0185. The lowest BCUT2D eigenvalue weighted by molar-refractivity contribution is -0.144. The molecule has 0 spiro atoms. The van der Waals surface area contributed by atoms with Gasteiger partial charge in [-0.1, -0.05) is 13.8 Å². The molecule has 0 aromatic carbocycles. The number of hydrogen-bond donors (Lipinski definition) is 2. The molecule has 0 bridgehead atoms. The summed E-state index contributed by atoms with van der Waals surface area (Å²) in [6, 6.07) is -0.948. The fourth-order valence-corrected chi connectivity index (χ4v) is 5.26. The predicted octanol–water partition coefficient (Wildman–Crippen LogP) is 0.833. The highest BCUT2D eigenvalue weighted by molar-refractivity contribution is 7.51. The molecule has 0 aromatic rings. The fraction of sp³-hybridized carbons (Fsp3) is 0.842. The maximum atomic E-state index is 12.9. The molecule has 0 radical (unpaired) electrons. The molecule has 2 aliphatic rings. The Morgan fingerprint density at radius 3 is 2.58 bits per heavy atom. The monoisotopic (exact) mass is 463 g/mol. The van der Waals surface area contributed by atoms with Gasteiger partial charge in [0.05, 0.1) is 20.1 Å². The van der Waals surface area contributed by atoms with Crippen molar-refractivity contribution in [2.45, 2.75) is 52.2 Å². The largest absolute Gasteiger partial charge is 0.468 e. The van der Waals surface area contributed by atoms with Crippen molar-refractivity contribution in [3.63, 3.8) is 0 Å². The number of likely N-dealkylation sites (tertiary alicyclic amines) is 1. The summed E-state index contributed by atoms with van der Waals surface area (Å²) in [4.78, 5) is 38.4. The van der Waals surface area contributed by atoms with Gasteiger partial charge in [0.1, 0.15) is 12.6 Å². The van der Waals surface area contributed by atoms with Gasteiger partial charge in [-0.05, 0) is 32.9 Å². The predicted molar refractivity (Wildman–Crippen MR) is 111 cm³/mol. The van der Waals surface area contributed by atoms with Crippen LogP contribution in [0.4, 0.5) is 0 Å². The van der Waals surface area contributed by atoms with Crippen LogP contribution in [0.5, 0.6) is 0 Å². The van der Waals surface area contributed by atoms with Gasteiger partial charge < -0.3 is 14.8 Å². The minimum atomic E-state index is -3.91. The van der Waals surface area contributed by atoms with Crippen LogP contribution < -0.4 is 10.4 Å². The first-order valence-electron chi connectivity index (χ1n) is 10.5. The molecule has 12 heteroatoms. The zero-order chi connectivity index (χ0) is 23.1. The van der Waals surface area contributed by atoms with Crippen LogP contribution in [0.3, 0.4) is 0 Å². The first kappa shape index (κ1) is 25.7. The van der Waals surface area contributed by atoms with E-state index in [1.54, 1.807) is 13.8 Å². The van der Waals surface area contributed by atoms with Crippen molar-refractivity contribution in [3.8, 4) is 0 Å². The number of nitrogens with one attached hydrogen (secondary N) is 2. The molecule has 2 N–H and O–H groups in total. The molecule has 2 heterocycles. The van der Waals surface area contributed by atoms with Gasteiger partial charge in [-0.2, -0.15) is 0 Å². The second-order valence-corrected chi connectivity index (χ2v) is 10.2. The van der Waals surface area contributed by atoms with Crippen LogP contribution in [0.25, 0.3) is 0 Å². The van der Waals surface area contributed by atoms with Crippen molar-refractivity contribution in [1.82, 2.24) is 15.3 Å². The van der Waals surface area contributed by atoms with E-state index in [9.17, 15) is 18.9 Å². The van der Waals surface area contributed by atoms with E-state index in [4.69, 9.17) is 13.8 Å². The summed E-state index contributed by atoms with van der Waals surface area (Å²) in [5, 5.41) is 5.09. The molecular weight excluding hydrogens is 429 g/mol. The van der Waals surface area contributed by atoms with Crippen molar-refractivity contribution in [1.29, 1.82) is 0 Å². The molecule has 3 atom stereocenters. The topological polar surface area (TPSA) is 132 Å². The van der Waals surface area contributed by atoms with E-state index in [1.165, 1.54) is 26.9 Å². The number of amides is 1. The van der Waals surface area contributed by atoms with Gasteiger partial charge in [0.25, 0.3) is 0 Å². The standard InChI is InChI=1S/C19H34N3O8P/c1-14(18(25)27-4)21-31(26)29-13-19(2,3)16(30-31)17(24)20-8-7-15(23)28-12-11-22-9-5-6-10-22/h14,16H,5-13H2,1-4H3,(H,20,24)(H,21,26)/t14-,16-,31?/m0/s1. The van der Waals surface area contributed by atoms with Crippen molar-refractivity contribution in [3.05, 3.63) is 0 Å². The molecule has 178 valence electrons. The quantitative estimate of drug-likeness (QED) is 0.355. The Morgan fingerprint density at radius 1 is 1.26 bits per heavy atom. The van der Waals surface area contributed by atoms with E-state index in [0.717, 1.165) is 13.1 Å². The maximum absolute atomic E-state index is 12.9. The van der Waals surface area contributed by atoms with E-state index in [0.29, 0.717) is 13.2 Å². The first-order chi connectivity index (χ1) is 14.6. The van der Waals surface area contributed by atoms with Gasteiger partial charge in [0.2, 0.25) is 5.91 Å². The summed E-state index contributed by atoms with van der Waals surface area (Å²) in [6.45, 7) is 8.06. The number of ether oxygens (including phenoxy) is 2. The SMILES string of the molecule is COC(=O)[C@H](C)NP1(=O)OCC(C)(C)[C@H](C(=O)NCCC(=O)OCCN2CCCC2)O1. The smallest absolute Gasteiger partial charge is 0.407 e. The second-order valence-electron chi connectivity index (χ2n) is 8.43. The number of carbonyl (C=O) groups excluding carboxylic acids is 3. The van der Waals surface area contributed by atoms with Crippen molar-refractivity contribution in [2.75, 3.05) is 46.5 Å². The average molecular weight is 463 g/mol. The number of esters is 2. The highest BCUT2D eigenvalue weighted by atomic mass is 31.2. The maximum Gasteiger partial charge on any atom is 0.407 e. The fourth-order valence-electron chi connectivity index (χ4n) is 3.32. The Hall–Kier alpha value is -1.52. The van der Waals surface area contributed by atoms with E-state index in [2.05, 4.69) is 20.0 Å². The van der Waals surface area contributed by atoms with Crippen LogP contribution in [-0.2, 0) is 37.5 Å². The third-order valence-electron chi connectivity index (χ3n) is 5.20. The van der Waals surface area contributed by atoms with Crippen LogP contribution >= 0.6 is 7.75 Å². The van der Waals surface area contributed by atoms with Gasteiger partial charge in [0.15, 0.2) is 6.10 Å². The van der Waals surface area contributed by atoms with E-state index in [1.807, 2.05) is 0 Å². The lowest BCUT2D eigenvalue weighted by atomic mass is 9.87. The summed E-state index contributed by atoms with van der Waals surface area (Å²) < 4.78 is 33.4. The summed E-state index contributed by atoms with van der Waals surface area (Å²) in [5.41, 5.74) is -0.773. The second kappa shape index (κ2) is 11.4. The van der Waals surface area contributed by atoms with E-state index >= 15 is 0 Å². The molecule has 2 fully saturated rings. The van der Waals surface area contributed by atoms with Crippen molar-refractivity contribution in [2.24, 2.45) is 5.41 Å². The third kappa shape index (κ3) is 7.84. The zero-order valence-corrected chi connectivity index (χ0v) is 19.6. The molecule has 31 heavy (non-hydrogen) atoms. The number of carbonyl (C=O) groups is 3. The molecule has 2 saturated heterocycles. The Bertz CT molecular complexity index is 696. The minimum Gasteiger partial charge on any atom is -0.468 e. The molecule has 2 aliphatic heterocycles. The van der Waals surface area contributed by atoms with Crippen LogP contribution in [0.1, 0.15) is 40.0 Å². The number of rotatable bonds is 10. The highest BCUT2D eigenvalue weighted by Crippen LogP contribution is 2.53. The lowest BCUT2D eigenvalue weighted by Crippen LogP contribution is -2.51. The van der Waals surface area contributed by atoms with Gasteiger partial charge in [-0.3, -0.25) is 28.3 Å². The van der Waals surface area contributed by atoms with Gasteiger partial charge in [-0.15, -0.1) is 0 Å². The summed E-state index contributed by atoms with van der Waals surface area (Å²) in [6.07, 6.45) is 1.27. The average Bonchev–Trinajstić information content (AvgIpc) is 3.22. The summed E-state index contributed by atoms with van der Waals surface area (Å²) >= 11 is 0. The summed E-state index contributed by atoms with van der Waals surface area (Å²) in [7, 11) is -2.71. The normalized spacial score (nSPS) is 26.8. The van der Waals surface area contributed by atoms with Crippen molar-refractivity contribution >= 4 is 25.6 Å². The van der Waals surface area contributed by atoms with Crippen LogP contribution in [-0.4, -0.2) is 81.4 Å². The van der Waals surface area contributed by atoms with E-state index in [-0.39, 0.29) is 19.6 Å². The molecule has 0 saturated carbocycles. The molecular formula is C19H34N3O8P.